The molecule has 0 bridgehead atoms. The number of benzene rings is 3. The Hall–Kier alpha value is -2.29. The van der Waals surface area contributed by atoms with E-state index >= 15 is 0 Å². The van der Waals surface area contributed by atoms with Crippen LogP contribution in [-0.2, 0) is 11.3 Å². The van der Waals surface area contributed by atoms with Gasteiger partial charge in [-0.1, -0.05) is 68.9 Å². The second kappa shape index (κ2) is 10.5. The molecule has 1 saturated heterocycles. The third kappa shape index (κ3) is 5.50. The summed E-state index contributed by atoms with van der Waals surface area (Å²) in [6, 6.07) is 16.3. The molecule has 3 aromatic rings. The van der Waals surface area contributed by atoms with E-state index < -0.39 is 17.1 Å². The SMILES string of the molecule is O=C(Oc1ccc(Br)cc1/C=C1\SC(=O)N(Cc2ccc(Cl)cc2Cl)C1=O)c1ccccc1Cl. The Morgan fingerprint density at radius 1 is 1.00 bits per heavy atom. The number of amides is 2. The minimum atomic E-state index is -0.645. The van der Waals surface area contributed by atoms with E-state index in [0.29, 0.717) is 25.6 Å². The van der Waals surface area contributed by atoms with Gasteiger partial charge in [-0.2, -0.15) is 0 Å². The van der Waals surface area contributed by atoms with E-state index in [9.17, 15) is 14.4 Å². The average Bonchev–Trinajstić information content (AvgIpc) is 3.05. The van der Waals surface area contributed by atoms with Crippen LogP contribution in [0.2, 0.25) is 15.1 Å². The monoisotopic (exact) mass is 595 g/mol. The van der Waals surface area contributed by atoms with Crippen LogP contribution in [0, 0.1) is 0 Å². The lowest BCUT2D eigenvalue weighted by molar-refractivity contribution is -0.123. The van der Waals surface area contributed by atoms with Crippen LogP contribution in [0.5, 0.6) is 5.75 Å². The molecule has 2 amide bonds. The van der Waals surface area contributed by atoms with E-state index in [0.717, 1.165) is 16.7 Å². The number of carbonyl (C=O) groups excluding carboxylic acids is 3. The van der Waals surface area contributed by atoms with Crippen LogP contribution < -0.4 is 4.74 Å². The van der Waals surface area contributed by atoms with Gasteiger partial charge in [0.1, 0.15) is 5.75 Å². The van der Waals surface area contributed by atoms with E-state index in [1.807, 2.05) is 0 Å². The fourth-order valence-corrected chi connectivity index (χ4v) is 4.99. The van der Waals surface area contributed by atoms with Gasteiger partial charge >= 0.3 is 5.97 Å². The maximum absolute atomic E-state index is 13.0. The molecule has 0 spiro atoms. The highest BCUT2D eigenvalue weighted by Crippen LogP contribution is 2.36. The van der Waals surface area contributed by atoms with Gasteiger partial charge in [0.2, 0.25) is 0 Å². The van der Waals surface area contributed by atoms with E-state index in [1.54, 1.807) is 60.7 Å². The minimum absolute atomic E-state index is 0.00480. The molecule has 0 radical (unpaired) electrons. The number of hydrogen-bond acceptors (Lipinski definition) is 5. The van der Waals surface area contributed by atoms with Crippen LogP contribution in [-0.4, -0.2) is 22.0 Å². The standard InChI is InChI=1S/C24H13BrCl3NO4S/c25-15-6-8-20(33-23(31)17-3-1-2-4-18(17)27)14(9-15)10-21-22(30)29(24(32)34-21)12-13-5-7-16(26)11-19(13)28/h1-11H,12H2/b21-10-. The molecule has 0 N–H and O–H groups in total. The molecule has 0 saturated carbocycles. The number of esters is 1. The largest absolute Gasteiger partial charge is 0.422 e. The third-order valence-electron chi connectivity index (χ3n) is 4.77. The molecule has 0 unspecified atom stereocenters. The zero-order valence-electron chi connectivity index (χ0n) is 17.1. The molecule has 4 rings (SSSR count). The lowest BCUT2D eigenvalue weighted by atomic mass is 10.1. The van der Waals surface area contributed by atoms with Crippen molar-refractivity contribution in [1.29, 1.82) is 0 Å². The molecule has 0 atom stereocenters. The average molecular weight is 598 g/mol. The Labute approximate surface area is 222 Å². The second-order valence-corrected chi connectivity index (χ2v) is 10.2. The van der Waals surface area contributed by atoms with Crippen LogP contribution in [0.3, 0.4) is 0 Å². The Bertz CT molecular complexity index is 1360. The van der Waals surface area contributed by atoms with Crippen molar-refractivity contribution in [1.82, 2.24) is 4.90 Å². The summed E-state index contributed by atoms with van der Waals surface area (Å²) in [5.41, 5.74) is 1.23. The highest BCUT2D eigenvalue weighted by molar-refractivity contribution is 9.10. The van der Waals surface area contributed by atoms with Crippen molar-refractivity contribution in [2.45, 2.75) is 6.54 Å². The maximum Gasteiger partial charge on any atom is 0.345 e. The second-order valence-electron chi connectivity index (χ2n) is 7.06. The summed E-state index contributed by atoms with van der Waals surface area (Å²) in [7, 11) is 0. The molecular weight excluding hydrogens is 585 g/mol. The molecule has 1 fully saturated rings. The minimum Gasteiger partial charge on any atom is -0.422 e. The zero-order chi connectivity index (χ0) is 24.4. The summed E-state index contributed by atoms with van der Waals surface area (Å²) in [4.78, 5) is 39.5. The van der Waals surface area contributed by atoms with E-state index in [1.165, 1.54) is 6.08 Å². The summed E-state index contributed by atoms with van der Waals surface area (Å²) in [6.45, 7) is 0.00480. The molecule has 1 aliphatic rings. The van der Waals surface area contributed by atoms with Gasteiger partial charge in [-0.3, -0.25) is 14.5 Å². The van der Waals surface area contributed by atoms with Gasteiger partial charge in [0, 0.05) is 20.1 Å². The molecule has 0 aromatic heterocycles. The van der Waals surface area contributed by atoms with Crippen molar-refractivity contribution in [3.63, 3.8) is 0 Å². The van der Waals surface area contributed by atoms with E-state index in [4.69, 9.17) is 39.5 Å². The first kappa shape index (κ1) is 24.8. The van der Waals surface area contributed by atoms with Crippen molar-refractivity contribution >= 4 is 85.7 Å². The topological polar surface area (TPSA) is 63.7 Å². The van der Waals surface area contributed by atoms with Gasteiger partial charge in [0.25, 0.3) is 11.1 Å². The van der Waals surface area contributed by atoms with E-state index in [2.05, 4.69) is 15.9 Å². The number of halogens is 4. The molecule has 3 aromatic carbocycles. The molecule has 5 nitrogen and oxygen atoms in total. The highest BCUT2D eigenvalue weighted by atomic mass is 79.9. The number of imide groups is 1. The van der Waals surface area contributed by atoms with Crippen LogP contribution >= 0.6 is 62.5 Å². The van der Waals surface area contributed by atoms with Crippen molar-refractivity contribution in [2.75, 3.05) is 0 Å². The van der Waals surface area contributed by atoms with Gasteiger partial charge in [0.05, 0.1) is 22.0 Å². The van der Waals surface area contributed by atoms with E-state index in [-0.39, 0.29) is 27.8 Å². The summed E-state index contributed by atoms with van der Waals surface area (Å²) >= 11 is 22.4. The van der Waals surface area contributed by atoms with Crippen LogP contribution in [0.25, 0.3) is 6.08 Å². The lowest BCUT2D eigenvalue weighted by Gasteiger charge is -2.13. The summed E-state index contributed by atoms with van der Waals surface area (Å²) < 4.78 is 6.25. The lowest BCUT2D eigenvalue weighted by Crippen LogP contribution is -2.27. The van der Waals surface area contributed by atoms with Crippen molar-refractivity contribution < 1.29 is 19.1 Å². The molecule has 10 heteroatoms. The normalized spacial score (nSPS) is 14.7. The number of hydrogen-bond donors (Lipinski definition) is 0. The maximum atomic E-state index is 13.0. The smallest absolute Gasteiger partial charge is 0.345 e. The molecule has 0 aliphatic carbocycles. The highest BCUT2D eigenvalue weighted by Gasteiger charge is 2.35. The molecule has 172 valence electrons. The molecule has 1 aliphatic heterocycles. The Morgan fingerprint density at radius 3 is 2.50 bits per heavy atom. The van der Waals surface area contributed by atoms with Crippen LogP contribution in [0.1, 0.15) is 21.5 Å². The van der Waals surface area contributed by atoms with Gasteiger partial charge in [-0.15, -0.1) is 0 Å². The van der Waals surface area contributed by atoms with Crippen LogP contribution in [0.15, 0.2) is 70.0 Å². The predicted molar refractivity (Wildman–Crippen MR) is 139 cm³/mol. The molecular formula is C24H13BrCl3NO4S. The quantitative estimate of drug-likeness (QED) is 0.170. The first-order chi connectivity index (χ1) is 16.2. The number of rotatable bonds is 5. The number of carbonyl (C=O) groups is 3. The van der Waals surface area contributed by atoms with Crippen LogP contribution in [0.4, 0.5) is 4.79 Å². The van der Waals surface area contributed by atoms with Crippen molar-refractivity contribution in [3.05, 3.63) is 102 Å². The number of thioether (sulfide) groups is 1. The Balaban J connectivity index is 1.60. The van der Waals surface area contributed by atoms with Gasteiger partial charge in [-0.05, 0) is 65.9 Å². The summed E-state index contributed by atoms with van der Waals surface area (Å²) in [5, 5.41) is 0.632. The van der Waals surface area contributed by atoms with Gasteiger partial charge in [0.15, 0.2) is 0 Å². The van der Waals surface area contributed by atoms with Crippen molar-refractivity contribution in [2.24, 2.45) is 0 Å². The Morgan fingerprint density at radius 2 is 1.76 bits per heavy atom. The zero-order valence-corrected chi connectivity index (χ0v) is 21.7. The van der Waals surface area contributed by atoms with Gasteiger partial charge < -0.3 is 4.74 Å². The third-order valence-corrected chi connectivity index (χ3v) is 7.09. The summed E-state index contributed by atoms with van der Waals surface area (Å²) in [6.07, 6.45) is 1.51. The predicted octanol–water partition coefficient (Wildman–Crippen LogP) is 7.87. The molecule has 1 heterocycles. The number of ether oxygens (including phenoxy) is 1. The number of nitrogens with zero attached hydrogens (tertiary/aromatic N) is 1. The first-order valence-electron chi connectivity index (χ1n) is 9.68. The first-order valence-corrected chi connectivity index (χ1v) is 12.4. The summed E-state index contributed by atoms with van der Waals surface area (Å²) in [5.74, 6) is -0.918. The Kier molecular flexibility index (Phi) is 7.70. The van der Waals surface area contributed by atoms with Crippen molar-refractivity contribution in [3.8, 4) is 5.75 Å². The fraction of sp³-hybridized carbons (Fsp3) is 0.0417. The van der Waals surface area contributed by atoms with Gasteiger partial charge in [-0.25, -0.2) is 4.79 Å². The fourth-order valence-electron chi connectivity index (χ4n) is 3.10. The molecule has 34 heavy (non-hydrogen) atoms.